The molecule has 2 aromatic rings. The van der Waals surface area contributed by atoms with Crippen molar-refractivity contribution in [3.8, 4) is 0 Å². The Morgan fingerprint density at radius 2 is 2.25 bits per heavy atom. The fourth-order valence-corrected chi connectivity index (χ4v) is 2.14. The number of hydrogen-bond donors (Lipinski definition) is 2. The van der Waals surface area contributed by atoms with Crippen molar-refractivity contribution < 1.29 is 0 Å². The van der Waals surface area contributed by atoms with Crippen molar-refractivity contribution in [2.45, 2.75) is 12.5 Å². The third kappa shape index (κ3) is 2.56. The van der Waals surface area contributed by atoms with Gasteiger partial charge in [-0.05, 0) is 18.1 Å². The second-order valence-electron chi connectivity index (χ2n) is 3.35. The highest BCUT2D eigenvalue weighted by Crippen LogP contribution is 2.21. The zero-order valence-electron chi connectivity index (χ0n) is 8.43. The molecule has 84 valence electrons. The van der Waals surface area contributed by atoms with Crippen LogP contribution in [0.25, 0.3) is 0 Å². The molecule has 0 spiro atoms. The van der Waals surface area contributed by atoms with Gasteiger partial charge in [0.15, 0.2) is 0 Å². The molecule has 2 rings (SSSR count). The lowest BCUT2D eigenvalue weighted by Crippen LogP contribution is -2.29. The molecule has 0 bridgehead atoms. The summed E-state index contributed by atoms with van der Waals surface area (Å²) in [7, 11) is 0. The molecule has 16 heavy (non-hydrogen) atoms. The fraction of sp³-hybridized carbons (Fsp3) is 0.200. The van der Waals surface area contributed by atoms with E-state index in [2.05, 4.69) is 14.2 Å². The van der Waals surface area contributed by atoms with E-state index in [4.69, 9.17) is 17.4 Å². The van der Waals surface area contributed by atoms with Gasteiger partial charge in [0.1, 0.15) is 0 Å². The highest BCUT2D eigenvalue weighted by molar-refractivity contribution is 6.99. The van der Waals surface area contributed by atoms with E-state index in [-0.39, 0.29) is 6.04 Å². The minimum atomic E-state index is -0.0568. The van der Waals surface area contributed by atoms with Gasteiger partial charge in [-0.2, -0.15) is 8.75 Å². The molecule has 1 aromatic heterocycles. The van der Waals surface area contributed by atoms with Crippen LogP contribution in [0.2, 0.25) is 5.02 Å². The van der Waals surface area contributed by atoms with E-state index in [0.29, 0.717) is 6.42 Å². The quantitative estimate of drug-likeness (QED) is 0.647. The van der Waals surface area contributed by atoms with Crippen molar-refractivity contribution in [1.82, 2.24) is 14.2 Å². The molecule has 6 heteroatoms. The highest BCUT2D eigenvalue weighted by Gasteiger charge is 2.14. The summed E-state index contributed by atoms with van der Waals surface area (Å²) in [5, 5.41) is 0.742. The lowest BCUT2D eigenvalue weighted by molar-refractivity contribution is 0.542. The first-order valence-corrected chi connectivity index (χ1v) is 5.89. The van der Waals surface area contributed by atoms with Crippen LogP contribution in [0.4, 0.5) is 0 Å². The van der Waals surface area contributed by atoms with Crippen LogP contribution >= 0.6 is 23.3 Å². The topological polar surface area (TPSA) is 63.8 Å². The highest BCUT2D eigenvalue weighted by atomic mass is 35.5. The summed E-state index contributed by atoms with van der Waals surface area (Å²) < 4.78 is 8.12. The van der Waals surface area contributed by atoms with Crippen LogP contribution in [0.5, 0.6) is 0 Å². The molecule has 3 N–H and O–H groups in total. The van der Waals surface area contributed by atoms with Gasteiger partial charge in [-0.1, -0.05) is 29.8 Å². The van der Waals surface area contributed by atoms with E-state index in [0.717, 1.165) is 16.3 Å². The zero-order chi connectivity index (χ0) is 11.4. The number of aromatic nitrogens is 2. The Balaban J connectivity index is 2.17. The maximum absolute atomic E-state index is 6.08. The van der Waals surface area contributed by atoms with Crippen LogP contribution in [-0.4, -0.2) is 8.75 Å². The number of hydrogen-bond acceptors (Lipinski definition) is 5. The lowest BCUT2D eigenvalue weighted by atomic mass is 10.0. The van der Waals surface area contributed by atoms with Crippen molar-refractivity contribution in [2.75, 3.05) is 0 Å². The van der Waals surface area contributed by atoms with Crippen molar-refractivity contribution in [3.05, 3.63) is 46.7 Å². The van der Waals surface area contributed by atoms with E-state index >= 15 is 0 Å². The average molecular weight is 255 g/mol. The summed E-state index contributed by atoms with van der Waals surface area (Å²) >= 11 is 7.25. The number of benzene rings is 1. The van der Waals surface area contributed by atoms with Crippen molar-refractivity contribution in [2.24, 2.45) is 5.84 Å². The van der Waals surface area contributed by atoms with Crippen LogP contribution in [0.3, 0.4) is 0 Å². The van der Waals surface area contributed by atoms with Crippen LogP contribution in [-0.2, 0) is 6.42 Å². The average Bonchev–Trinajstić information content (AvgIpc) is 2.81. The van der Waals surface area contributed by atoms with E-state index in [1.165, 1.54) is 11.7 Å². The van der Waals surface area contributed by atoms with Crippen LogP contribution < -0.4 is 11.3 Å². The molecule has 0 aliphatic carbocycles. The number of nitrogens with two attached hydrogens (primary N) is 1. The summed E-state index contributed by atoms with van der Waals surface area (Å²) in [6, 6.07) is 7.64. The molecule has 0 fully saturated rings. The molecule has 1 unspecified atom stereocenters. The minimum absolute atomic E-state index is 0.0568. The first kappa shape index (κ1) is 11.5. The van der Waals surface area contributed by atoms with Crippen LogP contribution in [0.15, 0.2) is 30.5 Å². The van der Waals surface area contributed by atoms with Gasteiger partial charge in [-0.25, -0.2) is 0 Å². The SMILES string of the molecule is NNC(Cc1ccccc1Cl)c1cnsn1. The Labute approximate surface area is 103 Å². The predicted molar refractivity (Wildman–Crippen MR) is 65.1 cm³/mol. The monoisotopic (exact) mass is 254 g/mol. The number of nitrogens with zero attached hydrogens (tertiary/aromatic N) is 2. The summed E-state index contributed by atoms with van der Waals surface area (Å²) in [4.78, 5) is 0. The largest absolute Gasteiger partial charge is 0.271 e. The Bertz CT molecular complexity index is 446. The summed E-state index contributed by atoms with van der Waals surface area (Å²) in [6.45, 7) is 0. The van der Waals surface area contributed by atoms with Gasteiger partial charge < -0.3 is 0 Å². The van der Waals surface area contributed by atoms with E-state index in [1.807, 2.05) is 24.3 Å². The number of halogens is 1. The third-order valence-electron chi connectivity index (χ3n) is 2.32. The van der Waals surface area contributed by atoms with Crippen LogP contribution in [0.1, 0.15) is 17.3 Å². The van der Waals surface area contributed by atoms with Gasteiger partial charge in [0, 0.05) is 5.02 Å². The Kier molecular flexibility index (Phi) is 3.84. The molecular weight excluding hydrogens is 244 g/mol. The Morgan fingerprint density at radius 1 is 1.44 bits per heavy atom. The second kappa shape index (κ2) is 5.36. The first-order chi connectivity index (χ1) is 7.81. The lowest BCUT2D eigenvalue weighted by Gasteiger charge is -2.13. The number of rotatable bonds is 4. The van der Waals surface area contributed by atoms with E-state index < -0.39 is 0 Å². The maximum Gasteiger partial charge on any atom is 0.0929 e. The molecule has 1 atom stereocenters. The molecule has 0 saturated carbocycles. The predicted octanol–water partition coefficient (Wildman–Crippen LogP) is 1.94. The molecule has 0 aliphatic heterocycles. The van der Waals surface area contributed by atoms with Crippen molar-refractivity contribution in [1.29, 1.82) is 0 Å². The van der Waals surface area contributed by atoms with Gasteiger partial charge >= 0.3 is 0 Å². The van der Waals surface area contributed by atoms with Crippen molar-refractivity contribution >= 4 is 23.3 Å². The standard InChI is InChI=1S/C10H11ClN4S/c11-8-4-2-1-3-7(8)5-9(14-12)10-6-13-16-15-10/h1-4,6,9,14H,5,12H2. The van der Waals surface area contributed by atoms with Crippen molar-refractivity contribution in [3.63, 3.8) is 0 Å². The van der Waals surface area contributed by atoms with E-state index in [1.54, 1.807) is 6.20 Å². The Morgan fingerprint density at radius 3 is 2.88 bits per heavy atom. The molecule has 0 amide bonds. The summed E-state index contributed by atoms with van der Waals surface area (Å²) in [6.07, 6.45) is 2.41. The zero-order valence-corrected chi connectivity index (χ0v) is 10.0. The minimum Gasteiger partial charge on any atom is -0.271 e. The van der Waals surface area contributed by atoms with Gasteiger partial charge in [0.05, 0.1) is 29.7 Å². The maximum atomic E-state index is 6.08. The molecular formula is C10H11ClN4S. The van der Waals surface area contributed by atoms with Gasteiger partial charge in [-0.15, -0.1) is 0 Å². The molecule has 0 aliphatic rings. The molecule has 4 nitrogen and oxygen atoms in total. The van der Waals surface area contributed by atoms with Gasteiger partial charge in [0.25, 0.3) is 0 Å². The molecule has 0 saturated heterocycles. The normalized spacial score (nSPS) is 12.6. The number of nitrogens with one attached hydrogen (secondary N) is 1. The third-order valence-corrected chi connectivity index (χ3v) is 3.18. The first-order valence-electron chi connectivity index (χ1n) is 4.78. The summed E-state index contributed by atoms with van der Waals surface area (Å²) in [5.41, 5.74) is 4.61. The van der Waals surface area contributed by atoms with Gasteiger partial charge in [-0.3, -0.25) is 11.3 Å². The molecule has 1 heterocycles. The van der Waals surface area contributed by atoms with E-state index in [9.17, 15) is 0 Å². The van der Waals surface area contributed by atoms with Crippen LogP contribution in [0, 0.1) is 0 Å². The number of hydrazine groups is 1. The molecule has 0 radical (unpaired) electrons. The summed E-state index contributed by atoms with van der Waals surface area (Å²) in [5.74, 6) is 5.51. The fourth-order valence-electron chi connectivity index (χ4n) is 1.46. The Hall–Kier alpha value is -1.01. The second-order valence-corrected chi connectivity index (χ2v) is 4.31. The smallest absolute Gasteiger partial charge is 0.0929 e. The molecule has 1 aromatic carbocycles. The van der Waals surface area contributed by atoms with Gasteiger partial charge in [0.2, 0.25) is 0 Å².